The third-order valence-electron chi connectivity index (χ3n) is 3.42. The van der Waals surface area contributed by atoms with Crippen LogP contribution in [0.3, 0.4) is 0 Å². The summed E-state index contributed by atoms with van der Waals surface area (Å²) in [5.41, 5.74) is 0.873. The van der Waals surface area contributed by atoms with Gasteiger partial charge in [-0.05, 0) is 31.0 Å². The lowest BCUT2D eigenvalue weighted by Crippen LogP contribution is -2.28. The molecule has 0 bridgehead atoms. The summed E-state index contributed by atoms with van der Waals surface area (Å²) in [5.74, 6) is 0.869. The van der Waals surface area contributed by atoms with Crippen LogP contribution in [0.4, 0.5) is 5.13 Å². The first-order valence-electron chi connectivity index (χ1n) is 6.59. The molecule has 2 heterocycles. The molecule has 0 aliphatic carbocycles. The van der Waals surface area contributed by atoms with Crippen molar-refractivity contribution in [2.45, 2.75) is 12.8 Å². The van der Waals surface area contributed by atoms with E-state index in [2.05, 4.69) is 10.3 Å². The zero-order chi connectivity index (χ0) is 13.9. The fourth-order valence-corrected chi connectivity index (χ4v) is 3.15. The monoisotopic (exact) mass is 292 g/mol. The van der Waals surface area contributed by atoms with Gasteiger partial charge in [-0.3, -0.25) is 4.79 Å². The van der Waals surface area contributed by atoms with Crippen molar-refractivity contribution < 1.29 is 14.3 Å². The van der Waals surface area contributed by atoms with Crippen LogP contribution >= 0.6 is 11.3 Å². The van der Waals surface area contributed by atoms with Crippen LogP contribution in [-0.4, -0.2) is 31.2 Å². The Balaban J connectivity index is 1.75. The Bertz CT molecular complexity index is 620. The number of carbonyl (C=O) groups is 1. The van der Waals surface area contributed by atoms with E-state index in [9.17, 15) is 4.79 Å². The molecule has 1 amide bonds. The Hall–Kier alpha value is -1.66. The van der Waals surface area contributed by atoms with Crippen molar-refractivity contribution in [3.8, 4) is 5.75 Å². The highest BCUT2D eigenvalue weighted by Gasteiger charge is 2.22. The van der Waals surface area contributed by atoms with Gasteiger partial charge in [0, 0.05) is 19.1 Å². The van der Waals surface area contributed by atoms with Crippen molar-refractivity contribution in [3.05, 3.63) is 18.2 Å². The Morgan fingerprint density at radius 1 is 1.45 bits per heavy atom. The molecule has 1 aromatic carbocycles. The van der Waals surface area contributed by atoms with Crippen LogP contribution < -0.4 is 10.1 Å². The number of fused-ring (bicyclic) bond motifs is 1. The molecule has 1 fully saturated rings. The normalized spacial score (nSPS) is 16.2. The highest BCUT2D eigenvalue weighted by molar-refractivity contribution is 7.22. The first-order chi connectivity index (χ1) is 9.76. The van der Waals surface area contributed by atoms with E-state index in [1.165, 1.54) is 11.3 Å². The largest absolute Gasteiger partial charge is 0.497 e. The Morgan fingerprint density at radius 2 is 2.25 bits per heavy atom. The topological polar surface area (TPSA) is 60.5 Å². The number of aromatic nitrogens is 1. The molecule has 0 unspecified atom stereocenters. The Labute approximate surface area is 120 Å². The van der Waals surface area contributed by atoms with Gasteiger partial charge in [-0.2, -0.15) is 0 Å². The van der Waals surface area contributed by atoms with Crippen LogP contribution in [0.1, 0.15) is 12.8 Å². The maximum Gasteiger partial charge on any atom is 0.229 e. The maximum absolute atomic E-state index is 12.1. The molecule has 1 saturated heterocycles. The summed E-state index contributed by atoms with van der Waals surface area (Å²) in [5, 5.41) is 3.55. The number of anilines is 1. The SMILES string of the molecule is COc1ccc2nc(NC(=O)C3CCOCC3)sc2c1. The number of hydrogen-bond donors (Lipinski definition) is 1. The van der Waals surface area contributed by atoms with Crippen molar-refractivity contribution in [2.24, 2.45) is 5.92 Å². The molecule has 0 atom stereocenters. The van der Waals surface area contributed by atoms with Gasteiger partial charge in [-0.1, -0.05) is 11.3 Å². The second-order valence-corrected chi connectivity index (χ2v) is 5.76. The van der Waals surface area contributed by atoms with E-state index < -0.39 is 0 Å². The molecule has 1 aliphatic heterocycles. The summed E-state index contributed by atoms with van der Waals surface area (Å²) in [6.07, 6.45) is 1.56. The smallest absolute Gasteiger partial charge is 0.229 e. The Morgan fingerprint density at radius 3 is 3.00 bits per heavy atom. The minimum atomic E-state index is 0.0327. The van der Waals surface area contributed by atoms with Gasteiger partial charge in [0.2, 0.25) is 5.91 Å². The minimum Gasteiger partial charge on any atom is -0.497 e. The summed E-state index contributed by atoms with van der Waals surface area (Å²) >= 11 is 1.46. The third kappa shape index (κ3) is 2.76. The fourth-order valence-electron chi connectivity index (χ4n) is 2.25. The molecule has 1 N–H and O–H groups in total. The van der Waals surface area contributed by atoms with Gasteiger partial charge in [0.05, 0.1) is 17.3 Å². The highest BCUT2D eigenvalue weighted by Crippen LogP contribution is 2.29. The lowest BCUT2D eigenvalue weighted by atomic mass is 10.00. The quantitative estimate of drug-likeness (QED) is 0.945. The standard InChI is InChI=1S/C14H16N2O3S/c1-18-10-2-3-11-12(8-10)20-14(15-11)16-13(17)9-4-6-19-7-5-9/h2-3,8-9H,4-7H2,1H3,(H,15,16,17). The van der Waals surface area contributed by atoms with Crippen LogP contribution in [0.2, 0.25) is 0 Å². The summed E-state index contributed by atoms with van der Waals surface area (Å²) in [6, 6.07) is 5.69. The van der Waals surface area contributed by atoms with Crippen molar-refractivity contribution in [1.29, 1.82) is 0 Å². The average molecular weight is 292 g/mol. The second-order valence-electron chi connectivity index (χ2n) is 4.73. The molecule has 3 rings (SSSR count). The number of hydrogen-bond acceptors (Lipinski definition) is 5. The van der Waals surface area contributed by atoms with E-state index in [0.29, 0.717) is 18.3 Å². The van der Waals surface area contributed by atoms with Gasteiger partial charge in [0.15, 0.2) is 5.13 Å². The second kappa shape index (κ2) is 5.76. The number of ether oxygens (including phenoxy) is 2. The number of thiazole rings is 1. The first kappa shape index (κ1) is 13.3. The number of rotatable bonds is 3. The van der Waals surface area contributed by atoms with Crippen molar-refractivity contribution in [2.75, 3.05) is 25.6 Å². The molecular formula is C14H16N2O3S. The molecule has 0 radical (unpaired) electrons. The molecule has 20 heavy (non-hydrogen) atoms. The number of nitrogens with one attached hydrogen (secondary N) is 1. The van der Waals surface area contributed by atoms with Gasteiger partial charge < -0.3 is 14.8 Å². The van der Waals surface area contributed by atoms with Crippen molar-refractivity contribution >= 4 is 32.6 Å². The van der Waals surface area contributed by atoms with Crippen LogP contribution in [0.5, 0.6) is 5.75 Å². The molecule has 6 heteroatoms. The average Bonchev–Trinajstić information content (AvgIpc) is 2.89. The summed E-state index contributed by atoms with van der Waals surface area (Å²) in [4.78, 5) is 16.6. The van der Waals surface area contributed by atoms with E-state index in [1.54, 1.807) is 7.11 Å². The number of benzene rings is 1. The van der Waals surface area contributed by atoms with E-state index >= 15 is 0 Å². The zero-order valence-electron chi connectivity index (χ0n) is 11.2. The molecule has 2 aromatic rings. The van der Waals surface area contributed by atoms with Crippen molar-refractivity contribution in [1.82, 2.24) is 4.98 Å². The van der Waals surface area contributed by atoms with Crippen LogP contribution in [0, 0.1) is 5.92 Å². The van der Waals surface area contributed by atoms with Crippen LogP contribution in [-0.2, 0) is 9.53 Å². The Kier molecular flexibility index (Phi) is 3.84. The van der Waals surface area contributed by atoms with Crippen LogP contribution in [0.25, 0.3) is 10.2 Å². The molecule has 0 spiro atoms. The maximum atomic E-state index is 12.1. The molecular weight excluding hydrogens is 276 g/mol. The summed E-state index contributed by atoms with van der Waals surface area (Å²) < 4.78 is 11.5. The van der Waals surface area contributed by atoms with Gasteiger partial charge >= 0.3 is 0 Å². The van der Waals surface area contributed by atoms with E-state index in [0.717, 1.165) is 28.8 Å². The van der Waals surface area contributed by atoms with Gasteiger partial charge in [-0.15, -0.1) is 0 Å². The minimum absolute atomic E-state index is 0.0327. The number of nitrogens with zero attached hydrogens (tertiary/aromatic N) is 1. The van der Waals surface area contributed by atoms with Gasteiger partial charge in [0.1, 0.15) is 5.75 Å². The first-order valence-corrected chi connectivity index (χ1v) is 7.41. The molecule has 5 nitrogen and oxygen atoms in total. The van der Waals surface area contributed by atoms with Gasteiger partial charge in [0.25, 0.3) is 0 Å². The highest BCUT2D eigenvalue weighted by atomic mass is 32.1. The zero-order valence-corrected chi connectivity index (χ0v) is 12.0. The number of carbonyl (C=O) groups excluding carboxylic acids is 1. The van der Waals surface area contributed by atoms with E-state index in [1.807, 2.05) is 18.2 Å². The van der Waals surface area contributed by atoms with E-state index in [4.69, 9.17) is 9.47 Å². The van der Waals surface area contributed by atoms with E-state index in [-0.39, 0.29) is 11.8 Å². The fraction of sp³-hybridized carbons (Fsp3) is 0.429. The lowest BCUT2D eigenvalue weighted by Gasteiger charge is -2.20. The summed E-state index contributed by atoms with van der Waals surface area (Å²) in [6.45, 7) is 1.32. The predicted octanol–water partition coefficient (Wildman–Crippen LogP) is 2.67. The number of methoxy groups -OCH3 is 1. The lowest BCUT2D eigenvalue weighted by molar-refractivity contribution is -0.122. The predicted molar refractivity (Wildman–Crippen MR) is 78.3 cm³/mol. The molecule has 1 aromatic heterocycles. The van der Waals surface area contributed by atoms with Crippen LogP contribution in [0.15, 0.2) is 18.2 Å². The molecule has 106 valence electrons. The third-order valence-corrected chi connectivity index (χ3v) is 4.35. The molecule has 0 saturated carbocycles. The molecule has 1 aliphatic rings. The van der Waals surface area contributed by atoms with Gasteiger partial charge in [-0.25, -0.2) is 4.98 Å². The summed E-state index contributed by atoms with van der Waals surface area (Å²) in [7, 11) is 1.63. The number of amides is 1. The van der Waals surface area contributed by atoms with Crippen molar-refractivity contribution in [3.63, 3.8) is 0 Å².